The van der Waals surface area contributed by atoms with Gasteiger partial charge in [0, 0.05) is 6.20 Å². The molecule has 0 unspecified atom stereocenters. The summed E-state index contributed by atoms with van der Waals surface area (Å²) in [6, 6.07) is 3.61. The van der Waals surface area contributed by atoms with E-state index < -0.39 is 0 Å². The molecule has 4 heteroatoms. The van der Waals surface area contributed by atoms with E-state index in [1.54, 1.807) is 12.3 Å². The van der Waals surface area contributed by atoms with Crippen molar-refractivity contribution < 1.29 is 4.79 Å². The molecule has 0 aliphatic heterocycles. The number of nitrogens with zero attached hydrogens (tertiary/aromatic N) is 1. The summed E-state index contributed by atoms with van der Waals surface area (Å²) in [7, 11) is 0. The Labute approximate surface area is 68.4 Å². The Morgan fingerprint density at radius 1 is 1.58 bits per heavy atom. The Kier molecular flexibility index (Phi) is 1.33. The highest BCUT2D eigenvalue weighted by atomic mass is 16.1. The van der Waals surface area contributed by atoms with E-state index in [4.69, 9.17) is 5.73 Å². The largest absolute Gasteiger partial charge is 0.395 e. The number of aromatic amines is 1. The third-order valence-electron chi connectivity index (χ3n) is 1.74. The molecule has 0 saturated heterocycles. The van der Waals surface area contributed by atoms with Crippen LogP contribution < -0.4 is 5.73 Å². The van der Waals surface area contributed by atoms with Crippen molar-refractivity contribution in [3.63, 3.8) is 0 Å². The van der Waals surface area contributed by atoms with Crippen LogP contribution in [-0.4, -0.2) is 16.3 Å². The van der Waals surface area contributed by atoms with Crippen molar-refractivity contribution in [2.24, 2.45) is 0 Å². The second-order valence-corrected chi connectivity index (χ2v) is 2.47. The molecular weight excluding hydrogens is 154 g/mol. The number of rotatable bonds is 1. The fourth-order valence-corrected chi connectivity index (χ4v) is 1.15. The highest BCUT2D eigenvalue weighted by molar-refractivity contribution is 5.98. The van der Waals surface area contributed by atoms with Crippen LogP contribution in [0.5, 0.6) is 0 Å². The lowest BCUT2D eigenvalue weighted by atomic mass is 10.3. The van der Waals surface area contributed by atoms with Crippen LogP contribution in [0.4, 0.5) is 5.69 Å². The first-order valence-electron chi connectivity index (χ1n) is 3.50. The van der Waals surface area contributed by atoms with Crippen LogP contribution in [-0.2, 0) is 0 Å². The molecule has 2 aromatic rings. The Hall–Kier alpha value is -1.84. The highest BCUT2D eigenvalue weighted by Crippen LogP contribution is 2.20. The molecule has 0 aliphatic carbocycles. The summed E-state index contributed by atoms with van der Waals surface area (Å²) >= 11 is 0. The van der Waals surface area contributed by atoms with E-state index in [0.717, 1.165) is 5.52 Å². The van der Waals surface area contributed by atoms with E-state index in [9.17, 15) is 4.79 Å². The van der Waals surface area contributed by atoms with E-state index in [-0.39, 0.29) is 0 Å². The molecule has 2 rings (SSSR count). The summed E-state index contributed by atoms with van der Waals surface area (Å²) in [4.78, 5) is 17.4. The number of H-pyrrole nitrogens is 1. The third kappa shape index (κ3) is 0.780. The quantitative estimate of drug-likeness (QED) is 0.612. The Balaban J connectivity index is 2.87. The maximum absolute atomic E-state index is 10.5. The molecule has 0 spiro atoms. The first kappa shape index (κ1) is 6.84. The Morgan fingerprint density at radius 3 is 3.08 bits per heavy atom. The number of pyridine rings is 1. The minimum Gasteiger partial charge on any atom is -0.395 e. The number of aromatic nitrogens is 2. The molecule has 0 radical (unpaired) electrons. The lowest BCUT2D eigenvalue weighted by Gasteiger charge is -1.87. The van der Waals surface area contributed by atoms with Gasteiger partial charge >= 0.3 is 0 Å². The molecule has 0 aromatic carbocycles. The highest BCUT2D eigenvalue weighted by Gasteiger charge is 2.06. The Bertz CT molecular complexity index is 433. The number of hydrogen-bond donors (Lipinski definition) is 2. The van der Waals surface area contributed by atoms with E-state index in [0.29, 0.717) is 23.2 Å². The predicted molar refractivity (Wildman–Crippen MR) is 45.9 cm³/mol. The first-order chi connectivity index (χ1) is 5.83. The molecule has 0 amide bonds. The standard InChI is InChI=1S/C8H7N3O/c9-7-6(4-12)11-5-2-1-3-10-8(5)7/h1-4,11H,9H2. The number of carbonyl (C=O) groups excluding carboxylic acids is 1. The normalized spacial score (nSPS) is 10.3. The van der Waals surface area contributed by atoms with Gasteiger partial charge in [-0.1, -0.05) is 0 Å². The molecular formula is C8H7N3O. The van der Waals surface area contributed by atoms with Gasteiger partial charge in [0.2, 0.25) is 0 Å². The minimum atomic E-state index is 0.392. The van der Waals surface area contributed by atoms with Gasteiger partial charge in [-0.25, -0.2) is 0 Å². The first-order valence-corrected chi connectivity index (χ1v) is 3.50. The van der Waals surface area contributed by atoms with Gasteiger partial charge in [-0.3, -0.25) is 9.78 Å². The van der Waals surface area contributed by atoms with Gasteiger partial charge in [0.05, 0.1) is 11.2 Å². The van der Waals surface area contributed by atoms with E-state index in [2.05, 4.69) is 9.97 Å². The van der Waals surface area contributed by atoms with E-state index >= 15 is 0 Å². The summed E-state index contributed by atoms with van der Waals surface area (Å²) in [6.07, 6.45) is 2.33. The summed E-state index contributed by atoms with van der Waals surface area (Å²) in [6.45, 7) is 0. The van der Waals surface area contributed by atoms with Gasteiger partial charge in [0.25, 0.3) is 0 Å². The van der Waals surface area contributed by atoms with Crippen molar-refractivity contribution >= 4 is 23.0 Å². The van der Waals surface area contributed by atoms with Crippen molar-refractivity contribution in [2.45, 2.75) is 0 Å². The molecule has 2 aromatic heterocycles. The molecule has 60 valence electrons. The summed E-state index contributed by atoms with van der Waals surface area (Å²) in [5.74, 6) is 0. The van der Waals surface area contributed by atoms with Gasteiger partial charge in [-0.2, -0.15) is 0 Å². The minimum absolute atomic E-state index is 0.392. The summed E-state index contributed by atoms with van der Waals surface area (Å²) < 4.78 is 0. The number of carbonyl (C=O) groups is 1. The van der Waals surface area contributed by atoms with E-state index in [1.165, 1.54) is 0 Å². The van der Waals surface area contributed by atoms with Gasteiger partial charge in [0.15, 0.2) is 6.29 Å². The van der Waals surface area contributed by atoms with Crippen molar-refractivity contribution in [3.05, 3.63) is 24.0 Å². The Morgan fingerprint density at radius 2 is 2.42 bits per heavy atom. The molecule has 2 heterocycles. The predicted octanol–water partition coefficient (Wildman–Crippen LogP) is 0.958. The van der Waals surface area contributed by atoms with Crippen LogP contribution in [0, 0.1) is 0 Å². The fourth-order valence-electron chi connectivity index (χ4n) is 1.15. The number of fused-ring (bicyclic) bond motifs is 1. The zero-order valence-electron chi connectivity index (χ0n) is 6.24. The monoisotopic (exact) mass is 161 g/mol. The van der Waals surface area contributed by atoms with Crippen LogP contribution in [0.15, 0.2) is 18.3 Å². The van der Waals surface area contributed by atoms with E-state index in [1.807, 2.05) is 6.07 Å². The third-order valence-corrected chi connectivity index (χ3v) is 1.74. The van der Waals surface area contributed by atoms with Gasteiger partial charge in [-0.05, 0) is 12.1 Å². The second-order valence-electron chi connectivity index (χ2n) is 2.47. The summed E-state index contributed by atoms with van der Waals surface area (Å²) in [5, 5.41) is 0. The van der Waals surface area contributed by atoms with Gasteiger partial charge in [-0.15, -0.1) is 0 Å². The van der Waals surface area contributed by atoms with Gasteiger partial charge < -0.3 is 10.7 Å². The molecule has 12 heavy (non-hydrogen) atoms. The maximum Gasteiger partial charge on any atom is 0.168 e. The van der Waals surface area contributed by atoms with Gasteiger partial charge in [0.1, 0.15) is 11.2 Å². The van der Waals surface area contributed by atoms with Crippen LogP contribution >= 0.6 is 0 Å². The average molecular weight is 161 g/mol. The molecule has 0 bridgehead atoms. The molecule has 0 aliphatic rings. The molecule has 3 N–H and O–H groups in total. The molecule has 4 nitrogen and oxygen atoms in total. The lowest BCUT2D eigenvalue weighted by molar-refractivity contribution is 0.112. The average Bonchev–Trinajstić information content (AvgIpc) is 2.44. The van der Waals surface area contributed by atoms with Crippen LogP contribution in [0.2, 0.25) is 0 Å². The van der Waals surface area contributed by atoms with Crippen molar-refractivity contribution in [3.8, 4) is 0 Å². The molecule has 0 fully saturated rings. The topological polar surface area (TPSA) is 71.8 Å². The number of nitrogen functional groups attached to an aromatic ring is 1. The van der Waals surface area contributed by atoms with Crippen LogP contribution in [0.1, 0.15) is 10.5 Å². The van der Waals surface area contributed by atoms with Crippen molar-refractivity contribution in [1.82, 2.24) is 9.97 Å². The number of anilines is 1. The molecule has 0 atom stereocenters. The number of nitrogens with one attached hydrogen (secondary N) is 1. The SMILES string of the molecule is Nc1c(C=O)[nH]c2cccnc12. The number of hydrogen-bond acceptors (Lipinski definition) is 3. The lowest BCUT2D eigenvalue weighted by Crippen LogP contribution is -1.89. The van der Waals surface area contributed by atoms with Crippen molar-refractivity contribution in [1.29, 1.82) is 0 Å². The number of nitrogens with two attached hydrogens (primary N) is 1. The number of aldehydes is 1. The van der Waals surface area contributed by atoms with Crippen LogP contribution in [0.25, 0.3) is 11.0 Å². The second kappa shape index (κ2) is 2.34. The smallest absolute Gasteiger partial charge is 0.168 e. The molecule has 0 saturated carbocycles. The summed E-state index contributed by atoms with van der Waals surface area (Å²) in [5.41, 5.74) is 7.88. The zero-order chi connectivity index (χ0) is 8.55. The van der Waals surface area contributed by atoms with Crippen molar-refractivity contribution in [2.75, 3.05) is 5.73 Å². The zero-order valence-corrected chi connectivity index (χ0v) is 6.24. The fraction of sp³-hybridized carbons (Fsp3) is 0. The maximum atomic E-state index is 10.5. The van der Waals surface area contributed by atoms with Crippen LogP contribution in [0.3, 0.4) is 0 Å².